The fourth-order valence-corrected chi connectivity index (χ4v) is 2.23. The standard InChI is InChI=1S/C14H17FO3/c1-17-13-6-5-10(7-12(13)15)11(9-3-4-9)8-14(16)18-2/h5-7,9,11H,3-4,8H2,1-2H3. The predicted molar refractivity (Wildman–Crippen MR) is 65.1 cm³/mol. The molecule has 1 saturated carbocycles. The van der Waals surface area contributed by atoms with Gasteiger partial charge in [-0.15, -0.1) is 0 Å². The van der Waals surface area contributed by atoms with E-state index >= 15 is 0 Å². The second-order valence-electron chi connectivity index (χ2n) is 4.62. The molecule has 4 heteroatoms. The highest BCUT2D eigenvalue weighted by Crippen LogP contribution is 2.45. The second-order valence-corrected chi connectivity index (χ2v) is 4.62. The Morgan fingerprint density at radius 3 is 2.67 bits per heavy atom. The molecule has 0 aliphatic heterocycles. The third-order valence-corrected chi connectivity index (χ3v) is 3.41. The third-order valence-electron chi connectivity index (χ3n) is 3.41. The highest BCUT2D eigenvalue weighted by Gasteiger charge is 2.34. The molecule has 1 fully saturated rings. The average Bonchev–Trinajstić information content (AvgIpc) is 3.19. The average molecular weight is 252 g/mol. The van der Waals surface area contributed by atoms with Crippen molar-refractivity contribution in [3.8, 4) is 5.75 Å². The van der Waals surface area contributed by atoms with Crippen molar-refractivity contribution >= 4 is 5.97 Å². The summed E-state index contributed by atoms with van der Waals surface area (Å²) in [6.45, 7) is 0. The van der Waals surface area contributed by atoms with Gasteiger partial charge < -0.3 is 9.47 Å². The molecule has 0 aromatic heterocycles. The number of methoxy groups -OCH3 is 2. The van der Waals surface area contributed by atoms with Crippen LogP contribution < -0.4 is 4.74 Å². The van der Waals surface area contributed by atoms with E-state index in [0.717, 1.165) is 18.4 Å². The first-order chi connectivity index (χ1) is 8.65. The maximum atomic E-state index is 13.7. The van der Waals surface area contributed by atoms with E-state index in [0.29, 0.717) is 12.3 Å². The monoisotopic (exact) mass is 252 g/mol. The zero-order chi connectivity index (χ0) is 13.1. The molecule has 1 atom stereocenters. The van der Waals surface area contributed by atoms with Crippen LogP contribution in [0, 0.1) is 11.7 Å². The van der Waals surface area contributed by atoms with E-state index in [9.17, 15) is 9.18 Å². The van der Waals surface area contributed by atoms with Gasteiger partial charge >= 0.3 is 5.97 Å². The molecule has 18 heavy (non-hydrogen) atoms. The maximum Gasteiger partial charge on any atom is 0.306 e. The molecule has 0 spiro atoms. The highest BCUT2D eigenvalue weighted by atomic mass is 19.1. The lowest BCUT2D eigenvalue weighted by molar-refractivity contribution is -0.141. The Hall–Kier alpha value is -1.58. The van der Waals surface area contributed by atoms with Crippen LogP contribution in [0.3, 0.4) is 0 Å². The summed E-state index contributed by atoms with van der Waals surface area (Å²) < 4.78 is 23.3. The van der Waals surface area contributed by atoms with Crippen LogP contribution in [0.2, 0.25) is 0 Å². The summed E-state index contributed by atoms with van der Waals surface area (Å²) in [5.74, 6) is 0.120. The van der Waals surface area contributed by atoms with Crippen molar-refractivity contribution in [3.63, 3.8) is 0 Å². The number of hydrogen-bond donors (Lipinski definition) is 0. The SMILES string of the molecule is COC(=O)CC(c1ccc(OC)c(F)c1)C1CC1. The number of rotatable bonds is 5. The predicted octanol–water partition coefficient (Wildman–Crippen LogP) is 2.89. The molecule has 1 aromatic carbocycles. The number of carbonyl (C=O) groups is 1. The summed E-state index contributed by atoms with van der Waals surface area (Å²) in [5, 5.41) is 0. The Balaban J connectivity index is 2.20. The number of carbonyl (C=O) groups excluding carboxylic acids is 1. The van der Waals surface area contributed by atoms with Gasteiger partial charge in [-0.25, -0.2) is 4.39 Å². The van der Waals surface area contributed by atoms with Crippen molar-refractivity contribution in [2.75, 3.05) is 14.2 Å². The molecular weight excluding hydrogens is 235 g/mol. The van der Waals surface area contributed by atoms with Crippen molar-refractivity contribution in [2.45, 2.75) is 25.2 Å². The van der Waals surface area contributed by atoms with E-state index in [1.54, 1.807) is 6.07 Å². The molecule has 0 saturated heterocycles. The van der Waals surface area contributed by atoms with Crippen molar-refractivity contribution in [3.05, 3.63) is 29.6 Å². The first-order valence-corrected chi connectivity index (χ1v) is 6.06. The fraction of sp³-hybridized carbons (Fsp3) is 0.500. The van der Waals surface area contributed by atoms with E-state index in [-0.39, 0.29) is 23.5 Å². The van der Waals surface area contributed by atoms with Crippen molar-refractivity contribution < 1.29 is 18.7 Å². The van der Waals surface area contributed by atoms with Gasteiger partial charge in [0.05, 0.1) is 20.6 Å². The molecule has 1 unspecified atom stereocenters. The molecule has 0 radical (unpaired) electrons. The summed E-state index contributed by atoms with van der Waals surface area (Å²) >= 11 is 0. The molecule has 0 bridgehead atoms. The van der Waals surface area contributed by atoms with E-state index in [4.69, 9.17) is 9.47 Å². The van der Waals surface area contributed by atoms with Gasteiger partial charge in [0.15, 0.2) is 11.6 Å². The minimum atomic E-state index is -0.384. The molecule has 1 aliphatic rings. The van der Waals surface area contributed by atoms with Gasteiger partial charge in [-0.1, -0.05) is 6.07 Å². The van der Waals surface area contributed by atoms with Gasteiger partial charge in [0.25, 0.3) is 0 Å². The zero-order valence-electron chi connectivity index (χ0n) is 10.6. The van der Waals surface area contributed by atoms with Crippen LogP contribution in [-0.4, -0.2) is 20.2 Å². The van der Waals surface area contributed by atoms with Crippen LogP contribution in [0.4, 0.5) is 4.39 Å². The minimum absolute atomic E-state index is 0.0536. The molecular formula is C14H17FO3. The molecule has 1 aliphatic carbocycles. The topological polar surface area (TPSA) is 35.5 Å². The van der Waals surface area contributed by atoms with E-state index < -0.39 is 0 Å². The second kappa shape index (κ2) is 5.38. The Morgan fingerprint density at radius 1 is 1.44 bits per heavy atom. The fourth-order valence-electron chi connectivity index (χ4n) is 2.23. The van der Waals surface area contributed by atoms with Crippen molar-refractivity contribution in [1.29, 1.82) is 0 Å². The van der Waals surface area contributed by atoms with Gasteiger partial charge in [-0.2, -0.15) is 0 Å². The third kappa shape index (κ3) is 2.81. The molecule has 3 nitrogen and oxygen atoms in total. The Kier molecular flexibility index (Phi) is 3.84. The summed E-state index contributed by atoms with van der Waals surface area (Å²) in [6.07, 6.45) is 2.50. The van der Waals surface area contributed by atoms with Crippen LogP contribution in [0.25, 0.3) is 0 Å². The molecule has 98 valence electrons. The van der Waals surface area contributed by atoms with E-state index in [1.165, 1.54) is 20.3 Å². The Bertz CT molecular complexity index is 441. The lowest BCUT2D eigenvalue weighted by Gasteiger charge is -2.16. The number of esters is 1. The highest BCUT2D eigenvalue weighted by molar-refractivity contribution is 5.70. The van der Waals surface area contributed by atoms with Crippen LogP contribution in [0.5, 0.6) is 5.75 Å². The lowest BCUT2D eigenvalue weighted by atomic mass is 9.91. The normalized spacial score (nSPS) is 16.2. The van der Waals surface area contributed by atoms with Gasteiger partial charge in [0.2, 0.25) is 0 Å². The summed E-state index contributed by atoms with van der Waals surface area (Å²) in [6, 6.07) is 4.90. The number of benzene rings is 1. The molecule has 1 aromatic rings. The Morgan fingerprint density at radius 2 is 2.17 bits per heavy atom. The van der Waals surface area contributed by atoms with Crippen molar-refractivity contribution in [1.82, 2.24) is 0 Å². The molecule has 0 amide bonds. The van der Waals surface area contributed by atoms with Gasteiger partial charge in [0, 0.05) is 0 Å². The lowest BCUT2D eigenvalue weighted by Crippen LogP contribution is -2.10. The largest absolute Gasteiger partial charge is 0.494 e. The van der Waals surface area contributed by atoms with Crippen LogP contribution in [0.15, 0.2) is 18.2 Å². The quantitative estimate of drug-likeness (QED) is 0.756. The zero-order valence-corrected chi connectivity index (χ0v) is 10.6. The smallest absolute Gasteiger partial charge is 0.306 e. The van der Waals surface area contributed by atoms with Crippen LogP contribution in [-0.2, 0) is 9.53 Å². The number of halogens is 1. The summed E-state index contributed by atoms with van der Waals surface area (Å²) in [7, 11) is 2.81. The molecule has 0 N–H and O–H groups in total. The van der Waals surface area contributed by atoms with Crippen LogP contribution >= 0.6 is 0 Å². The van der Waals surface area contributed by atoms with Gasteiger partial charge in [-0.05, 0) is 42.4 Å². The van der Waals surface area contributed by atoms with Gasteiger partial charge in [0.1, 0.15) is 0 Å². The Labute approximate surface area is 106 Å². The number of ether oxygens (including phenoxy) is 2. The summed E-state index contributed by atoms with van der Waals surface area (Å²) in [4.78, 5) is 11.4. The van der Waals surface area contributed by atoms with Gasteiger partial charge in [-0.3, -0.25) is 4.79 Å². The first-order valence-electron chi connectivity index (χ1n) is 6.06. The van der Waals surface area contributed by atoms with Crippen molar-refractivity contribution in [2.24, 2.45) is 5.92 Å². The maximum absolute atomic E-state index is 13.7. The molecule has 0 heterocycles. The summed E-state index contributed by atoms with van der Waals surface area (Å²) in [5.41, 5.74) is 0.848. The first kappa shape index (κ1) is 12.9. The van der Waals surface area contributed by atoms with E-state index in [1.807, 2.05) is 6.07 Å². The van der Waals surface area contributed by atoms with Crippen LogP contribution in [0.1, 0.15) is 30.7 Å². The number of hydrogen-bond acceptors (Lipinski definition) is 3. The van der Waals surface area contributed by atoms with E-state index in [2.05, 4.69) is 0 Å². The minimum Gasteiger partial charge on any atom is -0.494 e. The molecule has 2 rings (SSSR count).